The Morgan fingerprint density at radius 2 is 1.17 bits per heavy atom. The Kier molecular flexibility index (Phi) is 5.25. The minimum Gasteiger partial charge on any atom is -0.313 e. The first-order valence-electron chi connectivity index (χ1n) is 16.9. The lowest BCUT2D eigenvalue weighted by atomic mass is 9.85. The lowest BCUT2D eigenvalue weighted by Gasteiger charge is -2.24. The van der Waals surface area contributed by atoms with Crippen LogP contribution in [0.15, 0.2) is 170 Å². The van der Waals surface area contributed by atoms with Crippen LogP contribution in [-0.4, -0.2) is 4.57 Å². The van der Waals surface area contributed by atoms with E-state index in [1.54, 1.807) is 0 Å². The molecule has 1 aliphatic heterocycles. The van der Waals surface area contributed by atoms with Gasteiger partial charge in [0.1, 0.15) is 0 Å². The maximum absolute atomic E-state index is 2.53. The van der Waals surface area contributed by atoms with Gasteiger partial charge in [0.25, 0.3) is 0 Å². The van der Waals surface area contributed by atoms with E-state index in [0.717, 1.165) is 6.42 Å². The van der Waals surface area contributed by atoms with E-state index in [0.29, 0.717) is 5.92 Å². The van der Waals surface area contributed by atoms with Gasteiger partial charge in [-0.15, -0.1) is 0 Å². The van der Waals surface area contributed by atoms with E-state index >= 15 is 0 Å². The summed E-state index contributed by atoms with van der Waals surface area (Å²) in [5, 5.41) is 10.6. The second kappa shape index (κ2) is 9.70. The van der Waals surface area contributed by atoms with Crippen LogP contribution in [0.5, 0.6) is 0 Å². The summed E-state index contributed by atoms with van der Waals surface area (Å²) in [5.74, 6) is 0.323. The lowest BCUT2D eigenvalue weighted by molar-refractivity contribution is 0.820. The molecule has 1 aliphatic carbocycles. The standard InChI is InChI=1S/C46H30N2/c1-3-14-30(15-4-1)47-39-24-12-11-19-33(39)38-28-29(26-27-40(38)47)42-36-21-9-10-22-37(36)43-34-20-8-7-18-32(34)35-23-13-25-41-44(35)45(43)46(42)48(41)31-16-5-2-6-17-31/h1-18,20-28,33H,19H2. The zero-order chi connectivity index (χ0) is 31.3. The smallest absolute Gasteiger partial charge is 0.0632 e. The second-order valence-electron chi connectivity index (χ2n) is 13.2. The van der Waals surface area contributed by atoms with E-state index in [4.69, 9.17) is 0 Å². The Hall–Kier alpha value is -6.12. The monoisotopic (exact) mass is 610 g/mol. The van der Waals surface area contributed by atoms with Crippen LogP contribution in [-0.2, 0) is 0 Å². The fourth-order valence-electron chi connectivity index (χ4n) is 8.91. The predicted molar refractivity (Wildman–Crippen MR) is 203 cm³/mol. The van der Waals surface area contributed by atoms with Crippen molar-refractivity contribution >= 4 is 65.5 Å². The predicted octanol–water partition coefficient (Wildman–Crippen LogP) is 12.4. The minimum absolute atomic E-state index is 0.323. The first-order chi connectivity index (χ1) is 23.9. The number of anilines is 2. The Morgan fingerprint density at radius 3 is 1.96 bits per heavy atom. The lowest BCUT2D eigenvalue weighted by Crippen LogP contribution is -2.14. The molecule has 0 amide bonds. The van der Waals surface area contributed by atoms with Gasteiger partial charge in [-0.2, -0.15) is 0 Å². The van der Waals surface area contributed by atoms with Gasteiger partial charge in [-0.1, -0.05) is 115 Å². The van der Waals surface area contributed by atoms with Crippen LogP contribution in [0.1, 0.15) is 17.9 Å². The summed E-state index contributed by atoms with van der Waals surface area (Å²) in [5.41, 5.74) is 11.5. The SMILES string of the molecule is C1=CCC2C(=C1)N(c1ccccc1)c1ccc(-c3c4ccccc4c4c5ccccc5c5cccc6c5c4c3n6-c3ccccc3)cc12. The van der Waals surface area contributed by atoms with Crippen LogP contribution < -0.4 is 4.90 Å². The maximum atomic E-state index is 2.53. The van der Waals surface area contributed by atoms with Gasteiger partial charge in [-0.3, -0.25) is 0 Å². The maximum Gasteiger partial charge on any atom is 0.0632 e. The van der Waals surface area contributed by atoms with Crippen molar-refractivity contribution in [3.63, 3.8) is 0 Å². The Bertz CT molecular complexity index is 2800. The molecule has 11 rings (SSSR count). The van der Waals surface area contributed by atoms with E-state index in [1.165, 1.54) is 93.6 Å². The number of nitrogens with zero attached hydrogens (tertiary/aromatic N) is 2. The van der Waals surface area contributed by atoms with Gasteiger partial charge >= 0.3 is 0 Å². The van der Waals surface area contributed by atoms with Crippen molar-refractivity contribution in [3.05, 3.63) is 175 Å². The summed E-state index contributed by atoms with van der Waals surface area (Å²) >= 11 is 0. The number of hydrogen-bond acceptors (Lipinski definition) is 1. The van der Waals surface area contributed by atoms with Crippen molar-refractivity contribution in [2.45, 2.75) is 12.3 Å². The molecule has 1 aromatic heterocycles. The second-order valence-corrected chi connectivity index (χ2v) is 13.2. The largest absolute Gasteiger partial charge is 0.313 e. The molecule has 0 radical (unpaired) electrons. The van der Waals surface area contributed by atoms with Crippen molar-refractivity contribution in [3.8, 4) is 16.8 Å². The van der Waals surface area contributed by atoms with Crippen LogP contribution in [0, 0.1) is 0 Å². The Balaban J connectivity index is 1.32. The molecule has 2 aliphatic rings. The summed E-state index contributed by atoms with van der Waals surface area (Å²) in [7, 11) is 0. The molecule has 9 aromatic rings. The first kappa shape index (κ1) is 26.0. The molecule has 0 spiro atoms. The van der Waals surface area contributed by atoms with Gasteiger partial charge < -0.3 is 9.47 Å². The third kappa shape index (κ3) is 3.36. The van der Waals surface area contributed by atoms with Crippen LogP contribution >= 0.6 is 0 Å². The summed E-state index contributed by atoms with van der Waals surface area (Å²) in [6.45, 7) is 0. The quantitative estimate of drug-likeness (QED) is 0.181. The minimum atomic E-state index is 0.323. The fourth-order valence-corrected chi connectivity index (χ4v) is 8.91. The first-order valence-corrected chi connectivity index (χ1v) is 16.9. The summed E-state index contributed by atoms with van der Waals surface area (Å²) in [6.07, 6.45) is 7.85. The van der Waals surface area contributed by atoms with Crippen LogP contribution in [0.25, 0.3) is 70.9 Å². The number of benzene rings is 8. The number of aromatic nitrogens is 1. The molecule has 2 nitrogen and oxygen atoms in total. The molecule has 48 heavy (non-hydrogen) atoms. The summed E-state index contributed by atoms with van der Waals surface area (Å²) in [6, 6.07) is 53.9. The third-order valence-electron chi connectivity index (χ3n) is 10.8. The molecule has 2 heterocycles. The van der Waals surface area contributed by atoms with Crippen molar-refractivity contribution in [2.75, 3.05) is 4.90 Å². The van der Waals surface area contributed by atoms with Crippen LogP contribution in [0.2, 0.25) is 0 Å². The van der Waals surface area contributed by atoms with Gasteiger partial charge in [0, 0.05) is 50.4 Å². The van der Waals surface area contributed by atoms with Crippen molar-refractivity contribution in [1.82, 2.24) is 4.57 Å². The van der Waals surface area contributed by atoms with E-state index in [9.17, 15) is 0 Å². The van der Waals surface area contributed by atoms with Gasteiger partial charge in [-0.25, -0.2) is 0 Å². The highest BCUT2D eigenvalue weighted by atomic mass is 15.2. The number of fused-ring (bicyclic) bond motifs is 8. The number of allylic oxidation sites excluding steroid dienone is 4. The van der Waals surface area contributed by atoms with E-state index in [1.807, 2.05) is 0 Å². The van der Waals surface area contributed by atoms with Crippen molar-refractivity contribution < 1.29 is 0 Å². The highest BCUT2D eigenvalue weighted by Gasteiger charge is 2.35. The van der Waals surface area contributed by atoms with Crippen LogP contribution in [0.4, 0.5) is 11.4 Å². The van der Waals surface area contributed by atoms with Crippen molar-refractivity contribution in [2.24, 2.45) is 0 Å². The average Bonchev–Trinajstić information content (AvgIpc) is 3.68. The van der Waals surface area contributed by atoms with Gasteiger partial charge in [0.05, 0.1) is 11.0 Å². The number of rotatable bonds is 3. The molecular formula is C46H30N2. The molecular weight excluding hydrogens is 581 g/mol. The molecule has 2 heteroatoms. The van der Waals surface area contributed by atoms with Crippen LogP contribution in [0.3, 0.4) is 0 Å². The Morgan fingerprint density at radius 1 is 0.521 bits per heavy atom. The number of hydrogen-bond donors (Lipinski definition) is 0. The fraction of sp³-hybridized carbons (Fsp3) is 0.0435. The van der Waals surface area contributed by atoms with E-state index < -0.39 is 0 Å². The molecule has 8 aromatic carbocycles. The molecule has 0 saturated heterocycles. The molecule has 1 unspecified atom stereocenters. The third-order valence-corrected chi connectivity index (χ3v) is 10.8. The molecule has 0 fully saturated rings. The number of para-hydroxylation sites is 2. The highest BCUT2D eigenvalue weighted by molar-refractivity contribution is 6.41. The average molecular weight is 611 g/mol. The molecule has 0 saturated carbocycles. The molecule has 0 bridgehead atoms. The zero-order valence-corrected chi connectivity index (χ0v) is 26.3. The molecule has 224 valence electrons. The topological polar surface area (TPSA) is 8.17 Å². The summed E-state index contributed by atoms with van der Waals surface area (Å²) in [4.78, 5) is 2.46. The van der Waals surface area contributed by atoms with E-state index in [-0.39, 0.29) is 0 Å². The zero-order valence-electron chi connectivity index (χ0n) is 26.3. The molecule has 1 atom stereocenters. The van der Waals surface area contributed by atoms with Gasteiger partial charge in [0.15, 0.2) is 0 Å². The van der Waals surface area contributed by atoms with Crippen molar-refractivity contribution in [1.29, 1.82) is 0 Å². The normalized spacial score (nSPS) is 15.6. The highest BCUT2D eigenvalue weighted by Crippen LogP contribution is 2.54. The summed E-state index contributed by atoms with van der Waals surface area (Å²) < 4.78 is 2.53. The molecule has 0 N–H and O–H groups in total. The Labute approximate surface area is 278 Å². The van der Waals surface area contributed by atoms with E-state index in [2.05, 4.69) is 173 Å². The van der Waals surface area contributed by atoms with Gasteiger partial charge in [0.2, 0.25) is 0 Å². The van der Waals surface area contributed by atoms with Gasteiger partial charge in [-0.05, 0) is 93.0 Å².